The van der Waals surface area contributed by atoms with Crippen LogP contribution in [0.4, 0.5) is 0 Å². The SMILES string of the molecule is N=C(N)c1c(Br)cccc1Oc1ccccc1Br. The van der Waals surface area contributed by atoms with Gasteiger partial charge < -0.3 is 10.5 Å². The van der Waals surface area contributed by atoms with Gasteiger partial charge in [-0.25, -0.2) is 0 Å². The van der Waals surface area contributed by atoms with Crippen LogP contribution >= 0.6 is 31.9 Å². The van der Waals surface area contributed by atoms with Crippen LogP contribution < -0.4 is 10.5 Å². The second kappa shape index (κ2) is 5.54. The molecule has 0 heterocycles. The maximum absolute atomic E-state index is 7.59. The number of para-hydroxylation sites is 1. The zero-order valence-corrected chi connectivity index (χ0v) is 12.5. The molecule has 2 aromatic carbocycles. The average molecular weight is 370 g/mol. The topological polar surface area (TPSA) is 59.1 Å². The minimum absolute atomic E-state index is 0.0375. The van der Waals surface area contributed by atoms with Crippen molar-refractivity contribution in [2.45, 2.75) is 0 Å². The van der Waals surface area contributed by atoms with E-state index in [0.717, 1.165) is 8.95 Å². The summed E-state index contributed by atoms with van der Waals surface area (Å²) in [6.07, 6.45) is 0. The van der Waals surface area contributed by atoms with Crippen molar-refractivity contribution >= 4 is 37.7 Å². The Kier molecular flexibility index (Phi) is 4.04. The van der Waals surface area contributed by atoms with Gasteiger partial charge in [-0.05, 0) is 56.1 Å². The number of nitrogen functional groups attached to an aromatic ring is 1. The largest absolute Gasteiger partial charge is 0.455 e. The molecule has 0 unspecified atom stereocenters. The Morgan fingerprint density at radius 3 is 2.22 bits per heavy atom. The zero-order valence-electron chi connectivity index (χ0n) is 9.28. The van der Waals surface area contributed by atoms with Gasteiger partial charge in [0.1, 0.15) is 17.3 Å². The highest BCUT2D eigenvalue weighted by Crippen LogP contribution is 2.33. The fourth-order valence-electron chi connectivity index (χ4n) is 1.50. The summed E-state index contributed by atoms with van der Waals surface area (Å²) in [6, 6.07) is 13.0. The van der Waals surface area contributed by atoms with Gasteiger partial charge in [-0.15, -0.1) is 0 Å². The first-order valence-corrected chi connectivity index (χ1v) is 6.73. The molecule has 0 aliphatic rings. The van der Waals surface area contributed by atoms with Crippen molar-refractivity contribution in [3.63, 3.8) is 0 Å². The molecular formula is C13H10Br2N2O. The van der Waals surface area contributed by atoms with E-state index in [1.54, 1.807) is 6.07 Å². The number of benzene rings is 2. The third-order valence-electron chi connectivity index (χ3n) is 2.30. The molecule has 0 aromatic heterocycles. The van der Waals surface area contributed by atoms with Crippen molar-refractivity contribution in [1.29, 1.82) is 5.41 Å². The number of rotatable bonds is 3. The van der Waals surface area contributed by atoms with Gasteiger partial charge in [0.15, 0.2) is 0 Å². The highest BCUT2D eigenvalue weighted by Gasteiger charge is 2.12. The van der Waals surface area contributed by atoms with Crippen molar-refractivity contribution < 1.29 is 4.74 Å². The Bertz CT molecular complexity index is 599. The summed E-state index contributed by atoms with van der Waals surface area (Å²) in [5.74, 6) is 1.19. The standard InChI is InChI=1S/C13H10Br2N2O/c14-8-4-1-2-6-10(8)18-11-7-3-5-9(15)12(11)13(16)17/h1-7H,(H3,16,17). The Morgan fingerprint density at radius 1 is 0.944 bits per heavy atom. The van der Waals surface area contributed by atoms with E-state index in [2.05, 4.69) is 31.9 Å². The highest BCUT2D eigenvalue weighted by molar-refractivity contribution is 9.10. The number of hydrogen-bond donors (Lipinski definition) is 2. The van der Waals surface area contributed by atoms with Crippen LogP contribution in [-0.2, 0) is 0 Å². The number of nitrogens with one attached hydrogen (secondary N) is 1. The van der Waals surface area contributed by atoms with Gasteiger partial charge in [-0.1, -0.05) is 18.2 Å². The van der Waals surface area contributed by atoms with Crippen LogP contribution in [0.1, 0.15) is 5.56 Å². The maximum Gasteiger partial charge on any atom is 0.141 e. The number of nitrogens with two attached hydrogens (primary N) is 1. The van der Waals surface area contributed by atoms with Crippen LogP contribution in [0.2, 0.25) is 0 Å². The van der Waals surface area contributed by atoms with Crippen molar-refractivity contribution in [2.75, 3.05) is 0 Å². The van der Waals surface area contributed by atoms with E-state index < -0.39 is 0 Å². The molecule has 0 amide bonds. The molecule has 0 bridgehead atoms. The lowest BCUT2D eigenvalue weighted by Gasteiger charge is -2.12. The van der Waals surface area contributed by atoms with Crippen LogP contribution in [0, 0.1) is 5.41 Å². The van der Waals surface area contributed by atoms with Gasteiger partial charge in [0, 0.05) is 4.47 Å². The Morgan fingerprint density at radius 2 is 1.56 bits per heavy atom. The highest BCUT2D eigenvalue weighted by atomic mass is 79.9. The minimum Gasteiger partial charge on any atom is -0.455 e. The number of ether oxygens (including phenoxy) is 1. The summed E-state index contributed by atoms with van der Waals surface area (Å²) in [6.45, 7) is 0. The van der Waals surface area contributed by atoms with E-state index in [4.69, 9.17) is 15.9 Å². The van der Waals surface area contributed by atoms with Crippen LogP contribution in [0.5, 0.6) is 11.5 Å². The predicted molar refractivity (Wildman–Crippen MR) is 79.4 cm³/mol. The minimum atomic E-state index is -0.0375. The molecule has 0 aliphatic heterocycles. The molecule has 3 N–H and O–H groups in total. The van der Waals surface area contributed by atoms with Gasteiger partial charge in [-0.2, -0.15) is 0 Å². The second-order valence-corrected chi connectivity index (χ2v) is 5.27. The smallest absolute Gasteiger partial charge is 0.141 e. The van der Waals surface area contributed by atoms with E-state index in [0.29, 0.717) is 17.1 Å². The van der Waals surface area contributed by atoms with E-state index in [9.17, 15) is 0 Å². The summed E-state index contributed by atoms with van der Waals surface area (Å²) in [5.41, 5.74) is 6.12. The molecule has 0 spiro atoms. The predicted octanol–water partition coefficient (Wildman–Crippen LogP) is 4.29. The molecule has 18 heavy (non-hydrogen) atoms. The van der Waals surface area contributed by atoms with Crippen molar-refractivity contribution in [1.82, 2.24) is 0 Å². The third-order valence-corrected chi connectivity index (χ3v) is 3.62. The molecule has 0 atom stereocenters. The zero-order chi connectivity index (χ0) is 13.1. The maximum atomic E-state index is 7.59. The first kappa shape index (κ1) is 13.1. The lowest BCUT2D eigenvalue weighted by Crippen LogP contribution is -2.13. The summed E-state index contributed by atoms with van der Waals surface area (Å²) in [7, 11) is 0. The van der Waals surface area contributed by atoms with E-state index in [-0.39, 0.29) is 5.84 Å². The molecule has 2 rings (SSSR count). The summed E-state index contributed by atoms with van der Waals surface area (Å²) < 4.78 is 7.37. The normalized spacial score (nSPS) is 10.1. The van der Waals surface area contributed by atoms with Crippen LogP contribution in [0.25, 0.3) is 0 Å². The van der Waals surface area contributed by atoms with Crippen molar-refractivity contribution in [2.24, 2.45) is 5.73 Å². The molecule has 0 fully saturated rings. The molecule has 0 radical (unpaired) electrons. The molecule has 5 heteroatoms. The van der Waals surface area contributed by atoms with Crippen LogP contribution in [-0.4, -0.2) is 5.84 Å². The quantitative estimate of drug-likeness (QED) is 0.626. The lowest BCUT2D eigenvalue weighted by atomic mass is 10.2. The fraction of sp³-hybridized carbons (Fsp3) is 0. The van der Waals surface area contributed by atoms with Crippen molar-refractivity contribution in [3.8, 4) is 11.5 Å². The third kappa shape index (κ3) is 2.73. The van der Waals surface area contributed by atoms with Crippen LogP contribution in [0.3, 0.4) is 0 Å². The van der Waals surface area contributed by atoms with E-state index in [1.807, 2.05) is 36.4 Å². The Hall–Kier alpha value is -1.33. The van der Waals surface area contributed by atoms with E-state index in [1.165, 1.54) is 0 Å². The van der Waals surface area contributed by atoms with Gasteiger partial charge >= 0.3 is 0 Å². The Labute approximate surface area is 122 Å². The summed E-state index contributed by atoms with van der Waals surface area (Å²) in [5, 5.41) is 7.59. The molecule has 0 saturated carbocycles. The lowest BCUT2D eigenvalue weighted by molar-refractivity contribution is 0.478. The molecular weight excluding hydrogens is 360 g/mol. The first-order chi connectivity index (χ1) is 8.59. The number of amidine groups is 1. The van der Waals surface area contributed by atoms with Crippen LogP contribution in [0.15, 0.2) is 51.4 Å². The fourth-order valence-corrected chi connectivity index (χ4v) is 2.42. The molecule has 92 valence electrons. The molecule has 2 aromatic rings. The number of halogens is 2. The Balaban J connectivity index is 2.44. The monoisotopic (exact) mass is 368 g/mol. The molecule has 3 nitrogen and oxygen atoms in total. The van der Waals surface area contributed by atoms with Crippen molar-refractivity contribution in [3.05, 3.63) is 57.0 Å². The summed E-state index contributed by atoms with van der Waals surface area (Å²) in [4.78, 5) is 0. The molecule has 0 aliphatic carbocycles. The second-order valence-electron chi connectivity index (χ2n) is 3.56. The average Bonchev–Trinajstić information content (AvgIpc) is 2.31. The molecule has 0 saturated heterocycles. The van der Waals surface area contributed by atoms with Gasteiger partial charge in [0.2, 0.25) is 0 Å². The summed E-state index contributed by atoms with van der Waals surface area (Å²) >= 11 is 6.78. The number of hydrogen-bond acceptors (Lipinski definition) is 2. The van der Waals surface area contributed by atoms with Gasteiger partial charge in [0.05, 0.1) is 10.0 Å². The first-order valence-electron chi connectivity index (χ1n) is 5.15. The van der Waals surface area contributed by atoms with Gasteiger partial charge in [0.25, 0.3) is 0 Å². The van der Waals surface area contributed by atoms with Gasteiger partial charge in [-0.3, -0.25) is 5.41 Å². The van der Waals surface area contributed by atoms with E-state index >= 15 is 0 Å².